The Kier molecular flexibility index (Phi) is 6.36. The van der Waals surface area contributed by atoms with E-state index in [0.717, 1.165) is 19.3 Å². The number of hydrogen-bond donors (Lipinski definition) is 2. The molecule has 6 nitrogen and oxygen atoms in total. The molecule has 7 heteroatoms. The Labute approximate surface area is 143 Å². The van der Waals surface area contributed by atoms with Gasteiger partial charge in [0.1, 0.15) is 5.84 Å². The summed E-state index contributed by atoms with van der Waals surface area (Å²) in [5.41, 5.74) is 0.589. The fourth-order valence-electron chi connectivity index (χ4n) is 2.47. The number of nitrogens with zero attached hydrogens (tertiary/aromatic N) is 1. The molecular weight excluding hydrogens is 326 g/mol. The lowest BCUT2D eigenvalue weighted by atomic mass is 10.1. The lowest BCUT2D eigenvalue weighted by molar-refractivity contribution is -0.116. The van der Waals surface area contributed by atoms with Gasteiger partial charge in [0, 0.05) is 25.1 Å². The highest BCUT2D eigenvalue weighted by Crippen LogP contribution is 2.16. The van der Waals surface area contributed by atoms with Gasteiger partial charge >= 0.3 is 0 Å². The van der Waals surface area contributed by atoms with Crippen molar-refractivity contribution in [2.45, 2.75) is 50.8 Å². The van der Waals surface area contributed by atoms with E-state index in [1.165, 1.54) is 12.1 Å². The van der Waals surface area contributed by atoms with Crippen LogP contribution in [0.3, 0.4) is 0 Å². The second-order valence-electron chi connectivity index (χ2n) is 6.42. The lowest BCUT2D eigenvalue weighted by Gasteiger charge is -2.11. The Balaban J connectivity index is 2.03. The van der Waals surface area contributed by atoms with Gasteiger partial charge < -0.3 is 5.32 Å². The molecule has 0 bridgehead atoms. The van der Waals surface area contributed by atoms with Crippen molar-refractivity contribution in [1.82, 2.24) is 4.72 Å². The highest BCUT2D eigenvalue weighted by Gasteiger charge is 2.17. The van der Waals surface area contributed by atoms with Crippen LogP contribution < -0.4 is 10.0 Å². The first-order valence-corrected chi connectivity index (χ1v) is 9.81. The van der Waals surface area contributed by atoms with Crippen LogP contribution in [0.25, 0.3) is 0 Å². The van der Waals surface area contributed by atoms with E-state index in [4.69, 9.17) is 0 Å². The zero-order chi connectivity index (χ0) is 17.6. The Hall–Kier alpha value is -1.89. The Morgan fingerprint density at radius 3 is 2.54 bits per heavy atom. The van der Waals surface area contributed by atoms with Crippen LogP contribution >= 0.6 is 0 Å². The van der Waals surface area contributed by atoms with Gasteiger partial charge in [-0.25, -0.2) is 8.42 Å². The van der Waals surface area contributed by atoms with Crippen molar-refractivity contribution < 1.29 is 13.2 Å². The maximum atomic E-state index is 12.4. The first-order valence-electron chi connectivity index (χ1n) is 8.33. The summed E-state index contributed by atoms with van der Waals surface area (Å²) in [5.74, 6) is 0.725. The molecule has 1 aliphatic heterocycles. The van der Waals surface area contributed by atoms with Gasteiger partial charge in [-0.05, 0) is 43.0 Å². The minimum absolute atomic E-state index is 0.0773. The number of nitrogens with one attached hydrogen (secondary N) is 2. The number of amides is 1. The number of sulfonamides is 1. The van der Waals surface area contributed by atoms with Crippen molar-refractivity contribution in [3.05, 3.63) is 24.3 Å². The molecule has 132 valence electrons. The molecule has 1 amide bonds. The Morgan fingerprint density at radius 2 is 1.88 bits per heavy atom. The summed E-state index contributed by atoms with van der Waals surface area (Å²) >= 11 is 0. The Bertz CT molecular complexity index is 694. The Morgan fingerprint density at radius 1 is 1.17 bits per heavy atom. The normalized spacial score (nSPS) is 15.5. The van der Waals surface area contributed by atoms with Crippen LogP contribution in [0.15, 0.2) is 34.2 Å². The van der Waals surface area contributed by atoms with Crippen LogP contribution in [0.2, 0.25) is 0 Å². The molecule has 0 radical (unpaired) electrons. The molecule has 0 fully saturated rings. The second-order valence-corrected chi connectivity index (χ2v) is 8.10. The molecule has 2 N–H and O–H groups in total. The molecule has 2 rings (SSSR count). The van der Waals surface area contributed by atoms with E-state index in [-0.39, 0.29) is 16.7 Å². The van der Waals surface area contributed by atoms with E-state index in [1.54, 1.807) is 12.1 Å². The van der Waals surface area contributed by atoms with Crippen LogP contribution in [0.1, 0.15) is 46.0 Å². The summed E-state index contributed by atoms with van der Waals surface area (Å²) < 4.78 is 27.4. The molecular formula is C17H25N3O3S. The van der Waals surface area contributed by atoms with Crippen LogP contribution in [-0.4, -0.2) is 26.7 Å². The van der Waals surface area contributed by atoms with Gasteiger partial charge in [0.2, 0.25) is 5.91 Å². The number of carbonyl (C=O) groups excluding carboxylic acids is 1. The van der Waals surface area contributed by atoms with Crippen molar-refractivity contribution in [3.63, 3.8) is 0 Å². The topological polar surface area (TPSA) is 87.6 Å². The van der Waals surface area contributed by atoms with Crippen molar-refractivity contribution in [3.8, 4) is 0 Å². The first kappa shape index (κ1) is 18.4. The minimum Gasteiger partial charge on any atom is -0.326 e. The number of rotatable bonds is 5. The van der Waals surface area contributed by atoms with Gasteiger partial charge in [0.05, 0.1) is 4.90 Å². The molecule has 0 atom stereocenters. The summed E-state index contributed by atoms with van der Waals surface area (Å²) in [7, 11) is -3.63. The average Bonchev–Trinajstić information content (AvgIpc) is 2.75. The smallest absolute Gasteiger partial charge is 0.262 e. The van der Waals surface area contributed by atoms with Crippen molar-refractivity contribution in [2.75, 3.05) is 11.9 Å². The average molecular weight is 351 g/mol. The highest BCUT2D eigenvalue weighted by molar-refractivity contribution is 7.90. The van der Waals surface area contributed by atoms with Crippen LogP contribution in [0.5, 0.6) is 0 Å². The fourth-order valence-corrected chi connectivity index (χ4v) is 3.56. The standard InChI is InChI=1S/C17H25N3O3S/c1-13(2)12-17(21)19-14-7-9-15(10-8-14)24(22,23)20-16-6-4-3-5-11-18-16/h7-10,13H,3-6,11-12H2,1-2H3,(H,18,20)(H,19,21). The summed E-state index contributed by atoms with van der Waals surface area (Å²) in [6.07, 6.45) is 4.10. The summed E-state index contributed by atoms with van der Waals surface area (Å²) in [6.45, 7) is 4.60. The lowest BCUT2D eigenvalue weighted by Crippen LogP contribution is -2.30. The highest BCUT2D eigenvalue weighted by atomic mass is 32.2. The quantitative estimate of drug-likeness (QED) is 0.855. The monoisotopic (exact) mass is 351 g/mol. The maximum Gasteiger partial charge on any atom is 0.262 e. The third-order valence-electron chi connectivity index (χ3n) is 3.67. The predicted molar refractivity (Wildman–Crippen MR) is 95.6 cm³/mol. The van der Waals surface area contributed by atoms with Gasteiger partial charge in [-0.2, -0.15) is 0 Å². The van der Waals surface area contributed by atoms with Gasteiger partial charge in [0.25, 0.3) is 10.0 Å². The van der Waals surface area contributed by atoms with Crippen molar-refractivity contribution >= 4 is 27.5 Å². The number of aliphatic imine (C=N–C) groups is 1. The second kappa shape index (κ2) is 8.28. The molecule has 0 spiro atoms. The van der Waals surface area contributed by atoms with E-state index in [1.807, 2.05) is 13.8 Å². The van der Waals surface area contributed by atoms with Gasteiger partial charge in [0.15, 0.2) is 0 Å². The number of anilines is 1. The van der Waals surface area contributed by atoms with E-state index in [2.05, 4.69) is 15.0 Å². The largest absolute Gasteiger partial charge is 0.326 e. The predicted octanol–water partition coefficient (Wildman–Crippen LogP) is 2.92. The van der Waals surface area contributed by atoms with Crippen LogP contribution in [0, 0.1) is 5.92 Å². The number of hydrogen-bond acceptors (Lipinski definition) is 4. The fraction of sp³-hybridized carbons (Fsp3) is 0.529. The molecule has 1 aromatic carbocycles. The summed E-state index contributed by atoms with van der Waals surface area (Å²) in [4.78, 5) is 16.2. The van der Waals surface area contributed by atoms with Crippen LogP contribution in [0.4, 0.5) is 5.69 Å². The van der Waals surface area contributed by atoms with E-state index < -0.39 is 10.0 Å². The SMILES string of the molecule is CC(C)CC(=O)Nc1ccc(S(=O)(=O)NC2=NCCCCC2)cc1. The van der Waals surface area contributed by atoms with Gasteiger partial charge in [-0.15, -0.1) is 0 Å². The zero-order valence-corrected chi connectivity index (χ0v) is 15.0. The van der Waals surface area contributed by atoms with Gasteiger partial charge in [-0.3, -0.25) is 14.5 Å². The maximum absolute atomic E-state index is 12.4. The number of amidine groups is 1. The number of carbonyl (C=O) groups is 1. The molecule has 1 aromatic rings. The summed E-state index contributed by atoms with van der Waals surface area (Å²) in [6, 6.07) is 6.18. The third kappa shape index (κ3) is 5.63. The van der Waals surface area contributed by atoms with Crippen molar-refractivity contribution in [1.29, 1.82) is 0 Å². The van der Waals surface area contributed by atoms with E-state index in [9.17, 15) is 13.2 Å². The third-order valence-corrected chi connectivity index (χ3v) is 5.07. The summed E-state index contributed by atoms with van der Waals surface area (Å²) in [5, 5.41) is 2.76. The molecule has 1 heterocycles. The van der Waals surface area contributed by atoms with E-state index in [0.29, 0.717) is 30.9 Å². The zero-order valence-electron chi connectivity index (χ0n) is 14.2. The van der Waals surface area contributed by atoms with Gasteiger partial charge in [-0.1, -0.05) is 20.3 Å². The molecule has 0 saturated carbocycles. The molecule has 0 saturated heterocycles. The van der Waals surface area contributed by atoms with E-state index >= 15 is 0 Å². The first-order chi connectivity index (χ1) is 11.4. The number of benzene rings is 1. The molecule has 0 unspecified atom stereocenters. The molecule has 0 aromatic heterocycles. The molecule has 0 aliphatic carbocycles. The molecule has 1 aliphatic rings. The molecule has 24 heavy (non-hydrogen) atoms. The minimum atomic E-state index is -3.63. The van der Waals surface area contributed by atoms with Crippen molar-refractivity contribution in [2.24, 2.45) is 10.9 Å². The van der Waals surface area contributed by atoms with Crippen LogP contribution in [-0.2, 0) is 14.8 Å².